The minimum absolute atomic E-state index is 0.0707. The zero-order valence-corrected chi connectivity index (χ0v) is 18.0. The van der Waals surface area contributed by atoms with Crippen molar-refractivity contribution in [3.05, 3.63) is 89.2 Å². The van der Waals surface area contributed by atoms with Crippen LogP contribution in [0.2, 0.25) is 5.02 Å². The van der Waals surface area contributed by atoms with Crippen molar-refractivity contribution in [2.75, 3.05) is 18.4 Å². The largest absolute Gasteiger partial charge is 0.456 e. The zero-order chi connectivity index (χ0) is 22.5. The van der Waals surface area contributed by atoms with E-state index in [-0.39, 0.29) is 23.5 Å². The Labute approximate surface area is 190 Å². The van der Waals surface area contributed by atoms with Crippen LogP contribution in [0.1, 0.15) is 23.2 Å². The van der Waals surface area contributed by atoms with E-state index in [1.165, 1.54) is 24.3 Å². The smallest absolute Gasteiger partial charge is 0.253 e. The molecule has 0 aliphatic carbocycles. The van der Waals surface area contributed by atoms with Crippen molar-refractivity contribution in [3.8, 4) is 11.5 Å². The number of ether oxygens (including phenoxy) is 1. The fourth-order valence-electron chi connectivity index (χ4n) is 3.62. The number of nitrogens with zero attached hydrogens (tertiary/aromatic N) is 1. The highest BCUT2D eigenvalue weighted by atomic mass is 35.5. The predicted molar refractivity (Wildman–Crippen MR) is 122 cm³/mol. The predicted octanol–water partition coefficient (Wildman–Crippen LogP) is 5.76. The number of amides is 2. The van der Waals surface area contributed by atoms with Gasteiger partial charge in [-0.15, -0.1) is 0 Å². The molecule has 5 nitrogen and oxygen atoms in total. The molecule has 3 aromatic rings. The van der Waals surface area contributed by atoms with Crippen LogP contribution in [-0.4, -0.2) is 29.8 Å². The summed E-state index contributed by atoms with van der Waals surface area (Å²) in [6, 6.07) is 19.8. The molecule has 0 aromatic heterocycles. The Morgan fingerprint density at radius 2 is 1.59 bits per heavy atom. The molecule has 1 fully saturated rings. The number of hydrogen-bond donors (Lipinski definition) is 1. The van der Waals surface area contributed by atoms with Gasteiger partial charge in [-0.3, -0.25) is 9.59 Å². The zero-order valence-electron chi connectivity index (χ0n) is 17.3. The lowest BCUT2D eigenvalue weighted by Crippen LogP contribution is -2.41. The summed E-state index contributed by atoms with van der Waals surface area (Å²) in [6.07, 6.45) is 1.15. The van der Waals surface area contributed by atoms with E-state index in [0.29, 0.717) is 53.7 Å². The molecule has 0 spiro atoms. The molecule has 0 atom stereocenters. The number of likely N-dealkylation sites (tertiary alicyclic amines) is 1. The number of carbonyl (C=O) groups excluding carboxylic acids is 2. The quantitative estimate of drug-likeness (QED) is 0.535. The lowest BCUT2D eigenvalue weighted by Gasteiger charge is -2.31. The Hall–Kier alpha value is -3.38. The number of halogens is 2. The summed E-state index contributed by atoms with van der Waals surface area (Å²) < 4.78 is 18.8. The molecule has 164 valence electrons. The Balaban J connectivity index is 1.29. The lowest BCUT2D eigenvalue weighted by molar-refractivity contribution is -0.121. The third kappa shape index (κ3) is 5.26. The van der Waals surface area contributed by atoms with Crippen LogP contribution in [0.3, 0.4) is 0 Å². The highest BCUT2D eigenvalue weighted by molar-refractivity contribution is 6.32. The highest BCUT2D eigenvalue weighted by Crippen LogP contribution is 2.29. The van der Waals surface area contributed by atoms with Crippen molar-refractivity contribution in [1.82, 2.24) is 4.90 Å². The first kappa shape index (κ1) is 21.8. The molecule has 1 aliphatic heterocycles. The number of piperidine rings is 1. The third-order valence-corrected chi connectivity index (χ3v) is 5.74. The van der Waals surface area contributed by atoms with Crippen LogP contribution in [0, 0.1) is 11.7 Å². The second-order valence-corrected chi connectivity index (χ2v) is 8.03. The van der Waals surface area contributed by atoms with Crippen molar-refractivity contribution < 1.29 is 18.7 Å². The van der Waals surface area contributed by atoms with Gasteiger partial charge in [0.25, 0.3) is 5.91 Å². The summed E-state index contributed by atoms with van der Waals surface area (Å²) in [5.41, 5.74) is 1.12. The molecule has 2 amide bonds. The Morgan fingerprint density at radius 1 is 0.938 bits per heavy atom. The summed E-state index contributed by atoms with van der Waals surface area (Å²) in [6.45, 7) is 0.970. The van der Waals surface area contributed by atoms with E-state index in [0.717, 1.165) is 0 Å². The second-order valence-electron chi connectivity index (χ2n) is 7.62. The fraction of sp³-hybridized carbons (Fsp3) is 0.200. The number of hydrogen-bond acceptors (Lipinski definition) is 3. The first-order chi connectivity index (χ1) is 15.5. The van der Waals surface area contributed by atoms with Gasteiger partial charge in [0, 0.05) is 30.3 Å². The molecule has 0 unspecified atom stereocenters. The number of carbonyl (C=O) groups is 2. The highest BCUT2D eigenvalue weighted by Gasteiger charge is 2.28. The van der Waals surface area contributed by atoms with Crippen LogP contribution in [-0.2, 0) is 4.79 Å². The SMILES string of the molecule is O=C(Nc1ccc(Oc2ccccc2Cl)cc1)C1CCN(C(=O)c2ccc(F)cc2)CC1. The van der Waals surface area contributed by atoms with Crippen molar-refractivity contribution >= 4 is 29.1 Å². The van der Waals surface area contributed by atoms with Gasteiger partial charge in [-0.1, -0.05) is 23.7 Å². The Kier molecular flexibility index (Phi) is 6.71. The first-order valence-corrected chi connectivity index (χ1v) is 10.8. The van der Waals surface area contributed by atoms with E-state index in [1.54, 1.807) is 41.3 Å². The van der Waals surface area contributed by atoms with E-state index in [9.17, 15) is 14.0 Å². The van der Waals surface area contributed by atoms with Crippen LogP contribution >= 0.6 is 11.6 Å². The minimum Gasteiger partial charge on any atom is -0.456 e. The monoisotopic (exact) mass is 452 g/mol. The van der Waals surface area contributed by atoms with Crippen molar-refractivity contribution in [1.29, 1.82) is 0 Å². The molecule has 1 N–H and O–H groups in total. The van der Waals surface area contributed by atoms with E-state index < -0.39 is 0 Å². The van der Waals surface area contributed by atoms with Gasteiger partial charge in [0.1, 0.15) is 17.3 Å². The van der Waals surface area contributed by atoms with Crippen LogP contribution in [0.15, 0.2) is 72.8 Å². The van der Waals surface area contributed by atoms with Crippen LogP contribution < -0.4 is 10.1 Å². The number of nitrogens with one attached hydrogen (secondary N) is 1. The summed E-state index contributed by atoms with van der Waals surface area (Å²) in [5, 5.41) is 3.45. The molecular formula is C25H22ClFN2O3. The van der Waals surface area contributed by atoms with Gasteiger partial charge in [-0.05, 0) is 73.5 Å². The summed E-state index contributed by atoms with van der Waals surface area (Å²) in [4.78, 5) is 26.9. The average Bonchev–Trinajstić information content (AvgIpc) is 2.82. The van der Waals surface area contributed by atoms with Crippen LogP contribution in [0.25, 0.3) is 0 Å². The van der Waals surface area contributed by atoms with E-state index in [1.807, 2.05) is 12.1 Å². The molecule has 0 bridgehead atoms. The third-order valence-electron chi connectivity index (χ3n) is 5.43. The van der Waals surface area contributed by atoms with E-state index in [2.05, 4.69) is 5.32 Å². The standard InChI is InChI=1S/C25H22ClFN2O3/c26-22-3-1-2-4-23(22)32-21-11-9-20(10-12-21)28-24(30)17-13-15-29(16-14-17)25(31)18-5-7-19(27)8-6-18/h1-12,17H,13-16H2,(H,28,30). The van der Waals surface area contributed by atoms with Gasteiger partial charge < -0.3 is 15.0 Å². The van der Waals surface area contributed by atoms with Gasteiger partial charge in [-0.25, -0.2) is 4.39 Å². The fourth-order valence-corrected chi connectivity index (χ4v) is 3.80. The van der Waals surface area contributed by atoms with Crippen molar-refractivity contribution in [2.24, 2.45) is 5.92 Å². The first-order valence-electron chi connectivity index (χ1n) is 10.4. The van der Waals surface area contributed by atoms with Crippen LogP contribution in [0.4, 0.5) is 10.1 Å². The number of anilines is 1. The molecule has 3 aromatic carbocycles. The van der Waals surface area contributed by atoms with Gasteiger partial charge in [0.15, 0.2) is 0 Å². The minimum atomic E-state index is -0.375. The van der Waals surface area contributed by atoms with Crippen molar-refractivity contribution in [3.63, 3.8) is 0 Å². The second kappa shape index (κ2) is 9.83. The average molecular weight is 453 g/mol. The Bertz CT molecular complexity index is 1090. The van der Waals surface area contributed by atoms with E-state index >= 15 is 0 Å². The molecule has 0 radical (unpaired) electrons. The maximum absolute atomic E-state index is 13.1. The molecule has 4 rings (SSSR count). The molecule has 0 saturated carbocycles. The molecular weight excluding hydrogens is 431 g/mol. The molecule has 1 heterocycles. The van der Waals surface area contributed by atoms with Crippen molar-refractivity contribution in [2.45, 2.75) is 12.8 Å². The molecule has 1 aliphatic rings. The summed E-state index contributed by atoms with van der Waals surface area (Å²) >= 11 is 6.11. The maximum Gasteiger partial charge on any atom is 0.253 e. The van der Waals surface area contributed by atoms with Gasteiger partial charge >= 0.3 is 0 Å². The van der Waals surface area contributed by atoms with Gasteiger partial charge in [0.05, 0.1) is 5.02 Å². The number of para-hydroxylation sites is 1. The molecule has 7 heteroatoms. The topological polar surface area (TPSA) is 58.6 Å². The molecule has 1 saturated heterocycles. The van der Waals surface area contributed by atoms with Gasteiger partial charge in [0.2, 0.25) is 5.91 Å². The van der Waals surface area contributed by atoms with Gasteiger partial charge in [-0.2, -0.15) is 0 Å². The summed E-state index contributed by atoms with van der Waals surface area (Å²) in [5.74, 6) is 0.417. The lowest BCUT2D eigenvalue weighted by atomic mass is 9.95. The molecule has 32 heavy (non-hydrogen) atoms. The number of rotatable bonds is 5. The van der Waals surface area contributed by atoms with E-state index in [4.69, 9.17) is 16.3 Å². The van der Waals surface area contributed by atoms with Crippen LogP contribution in [0.5, 0.6) is 11.5 Å². The maximum atomic E-state index is 13.1. The normalized spacial score (nSPS) is 14.1. The Morgan fingerprint density at radius 3 is 2.25 bits per heavy atom. The number of benzene rings is 3. The summed E-state index contributed by atoms with van der Waals surface area (Å²) in [7, 11) is 0.